The lowest BCUT2D eigenvalue weighted by molar-refractivity contribution is 0.126. The molecule has 1 aliphatic carbocycles. The van der Waals surface area contributed by atoms with Crippen molar-refractivity contribution >= 4 is 17.4 Å². The van der Waals surface area contributed by atoms with Gasteiger partial charge in [0.25, 0.3) is 0 Å². The summed E-state index contributed by atoms with van der Waals surface area (Å²) in [6, 6.07) is 7.31. The van der Waals surface area contributed by atoms with Crippen molar-refractivity contribution in [2.75, 3.05) is 18.1 Å². The van der Waals surface area contributed by atoms with E-state index in [1.165, 1.54) is 32.1 Å². The molecule has 0 heterocycles. The van der Waals surface area contributed by atoms with Crippen molar-refractivity contribution in [3.05, 3.63) is 24.3 Å². The van der Waals surface area contributed by atoms with Gasteiger partial charge in [-0.15, -0.1) is 0 Å². The number of ether oxygens (including phenoxy) is 1. The second kappa shape index (κ2) is 7.65. The summed E-state index contributed by atoms with van der Waals surface area (Å²) in [7, 11) is 0. The van der Waals surface area contributed by atoms with Crippen LogP contribution in [0, 0.1) is 0 Å². The molecule has 4 heteroatoms. The van der Waals surface area contributed by atoms with Crippen molar-refractivity contribution in [3.63, 3.8) is 0 Å². The molecule has 3 nitrogen and oxygen atoms in total. The molecule has 2 rings (SSSR count). The molecule has 3 N–H and O–H groups in total. The highest BCUT2D eigenvalue weighted by Crippen LogP contribution is 2.28. The average molecular weight is 281 g/mol. The molecule has 0 bridgehead atoms. The minimum atomic E-state index is -0.409. The number of hydrogen-bond acceptors (Lipinski definition) is 4. The van der Waals surface area contributed by atoms with Gasteiger partial charge in [-0.2, -0.15) is 11.8 Å². The van der Waals surface area contributed by atoms with Gasteiger partial charge in [-0.3, -0.25) is 0 Å². The number of aliphatic hydroxyl groups excluding tert-OH is 1. The minimum absolute atomic E-state index is 0.336. The fraction of sp³-hybridized carbons (Fsp3) is 0.600. The van der Waals surface area contributed by atoms with Crippen LogP contribution < -0.4 is 10.5 Å². The quantitative estimate of drug-likeness (QED) is 0.787. The van der Waals surface area contributed by atoms with Crippen LogP contribution in [0.5, 0.6) is 5.75 Å². The summed E-state index contributed by atoms with van der Waals surface area (Å²) < 4.78 is 5.55. The van der Waals surface area contributed by atoms with E-state index in [1.54, 1.807) is 6.07 Å². The lowest BCUT2D eigenvalue weighted by Crippen LogP contribution is -2.22. The SMILES string of the molecule is Nc1cccc(OCC(O)CSC2CCCCC2)c1. The molecule has 106 valence electrons. The van der Waals surface area contributed by atoms with Gasteiger partial charge in [-0.05, 0) is 25.0 Å². The third kappa shape index (κ3) is 5.33. The Morgan fingerprint density at radius 1 is 1.32 bits per heavy atom. The van der Waals surface area contributed by atoms with Gasteiger partial charge >= 0.3 is 0 Å². The van der Waals surface area contributed by atoms with Gasteiger partial charge in [0.15, 0.2) is 0 Å². The molecule has 0 spiro atoms. The summed E-state index contributed by atoms with van der Waals surface area (Å²) in [5.74, 6) is 1.48. The first-order valence-corrected chi connectivity index (χ1v) is 8.07. The number of aliphatic hydroxyl groups is 1. The molecule has 1 aliphatic rings. The molecule has 0 amide bonds. The number of nitrogen functional groups attached to an aromatic ring is 1. The number of hydrogen-bond donors (Lipinski definition) is 2. The zero-order valence-corrected chi connectivity index (χ0v) is 12.1. The van der Waals surface area contributed by atoms with Crippen LogP contribution in [0.1, 0.15) is 32.1 Å². The normalized spacial score (nSPS) is 18.2. The van der Waals surface area contributed by atoms with E-state index in [0.29, 0.717) is 12.3 Å². The molecule has 1 unspecified atom stereocenters. The maximum absolute atomic E-state index is 9.93. The largest absolute Gasteiger partial charge is 0.491 e. The van der Waals surface area contributed by atoms with Crippen molar-refractivity contribution in [3.8, 4) is 5.75 Å². The van der Waals surface area contributed by atoms with E-state index in [9.17, 15) is 5.11 Å². The molecule has 1 fully saturated rings. The Bertz CT molecular complexity index is 380. The highest BCUT2D eigenvalue weighted by Gasteiger charge is 2.15. The third-order valence-electron chi connectivity index (χ3n) is 3.38. The number of nitrogens with two attached hydrogens (primary N) is 1. The maximum Gasteiger partial charge on any atom is 0.121 e. The van der Waals surface area contributed by atoms with E-state index in [-0.39, 0.29) is 0 Å². The molecule has 1 aromatic carbocycles. The second-order valence-corrected chi connectivity index (χ2v) is 6.46. The summed E-state index contributed by atoms with van der Waals surface area (Å²) in [4.78, 5) is 0. The summed E-state index contributed by atoms with van der Waals surface area (Å²) in [5, 5.41) is 10.7. The molecule has 0 aromatic heterocycles. The molecule has 0 saturated heterocycles. The van der Waals surface area contributed by atoms with Crippen LogP contribution in [-0.2, 0) is 0 Å². The Morgan fingerprint density at radius 3 is 2.84 bits per heavy atom. The van der Waals surface area contributed by atoms with E-state index >= 15 is 0 Å². The van der Waals surface area contributed by atoms with E-state index < -0.39 is 6.10 Å². The molecule has 1 aromatic rings. The minimum Gasteiger partial charge on any atom is -0.491 e. The summed E-state index contributed by atoms with van der Waals surface area (Å²) in [6.07, 6.45) is 6.24. The molecule has 1 atom stereocenters. The Kier molecular flexibility index (Phi) is 5.86. The predicted octanol–water partition coefficient (Wildman–Crippen LogP) is 3.07. The first kappa shape index (κ1) is 14.5. The zero-order chi connectivity index (χ0) is 13.5. The summed E-state index contributed by atoms with van der Waals surface area (Å²) in [6.45, 7) is 0.336. The van der Waals surface area contributed by atoms with Crippen molar-refractivity contribution < 1.29 is 9.84 Å². The monoisotopic (exact) mass is 281 g/mol. The van der Waals surface area contributed by atoms with Crippen LogP contribution in [0.4, 0.5) is 5.69 Å². The standard InChI is InChI=1S/C15H23NO2S/c16-12-5-4-6-14(9-12)18-10-13(17)11-19-15-7-2-1-3-8-15/h4-6,9,13,15,17H,1-3,7-8,10-11,16H2. The molecule has 0 radical (unpaired) electrons. The number of anilines is 1. The van der Waals surface area contributed by atoms with E-state index in [2.05, 4.69) is 0 Å². The molecular formula is C15H23NO2S. The highest BCUT2D eigenvalue weighted by atomic mass is 32.2. The fourth-order valence-corrected chi connectivity index (χ4v) is 3.58. The Hall–Kier alpha value is -0.870. The van der Waals surface area contributed by atoms with Gasteiger partial charge in [-0.25, -0.2) is 0 Å². The van der Waals surface area contributed by atoms with Gasteiger partial charge < -0.3 is 15.6 Å². The average Bonchev–Trinajstić information content (AvgIpc) is 2.44. The molecule has 19 heavy (non-hydrogen) atoms. The Labute approximate surface area is 119 Å². The van der Waals surface area contributed by atoms with Crippen LogP contribution in [0.15, 0.2) is 24.3 Å². The maximum atomic E-state index is 9.93. The first-order chi connectivity index (χ1) is 9.24. The first-order valence-electron chi connectivity index (χ1n) is 7.02. The summed E-state index contributed by atoms with van der Waals surface area (Å²) >= 11 is 1.89. The lowest BCUT2D eigenvalue weighted by Gasteiger charge is -2.22. The van der Waals surface area contributed by atoms with Crippen LogP contribution in [-0.4, -0.2) is 28.8 Å². The molecule has 1 saturated carbocycles. The Balaban J connectivity index is 1.65. The van der Waals surface area contributed by atoms with Gasteiger partial charge in [0, 0.05) is 22.8 Å². The van der Waals surface area contributed by atoms with E-state index in [0.717, 1.165) is 16.8 Å². The van der Waals surface area contributed by atoms with Crippen LogP contribution in [0.3, 0.4) is 0 Å². The van der Waals surface area contributed by atoms with Crippen LogP contribution in [0.2, 0.25) is 0 Å². The second-order valence-electron chi connectivity index (χ2n) is 5.13. The van der Waals surface area contributed by atoms with Crippen LogP contribution in [0.25, 0.3) is 0 Å². The van der Waals surface area contributed by atoms with Gasteiger partial charge in [0.05, 0.1) is 6.10 Å². The van der Waals surface area contributed by atoms with E-state index in [1.807, 2.05) is 30.0 Å². The third-order valence-corrected chi connectivity index (χ3v) is 4.90. The number of benzene rings is 1. The smallest absolute Gasteiger partial charge is 0.121 e. The fourth-order valence-electron chi connectivity index (χ4n) is 2.32. The highest BCUT2D eigenvalue weighted by molar-refractivity contribution is 7.99. The van der Waals surface area contributed by atoms with Gasteiger partial charge in [-0.1, -0.05) is 25.3 Å². The number of thioether (sulfide) groups is 1. The van der Waals surface area contributed by atoms with Gasteiger partial charge in [0.1, 0.15) is 12.4 Å². The number of rotatable bonds is 6. The zero-order valence-electron chi connectivity index (χ0n) is 11.3. The topological polar surface area (TPSA) is 55.5 Å². The lowest BCUT2D eigenvalue weighted by atomic mass is 10.0. The molecular weight excluding hydrogens is 258 g/mol. The predicted molar refractivity (Wildman–Crippen MR) is 81.7 cm³/mol. The Morgan fingerprint density at radius 2 is 2.11 bits per heavy atom. The van der Waals surface area contributed by atoms with Gasteiger partial charge in [0.2, 0.25) is 0 Å². The van der Waals surface area contributed by atoms with E-state index in [4.69, 9.17) is 10.5 Å². The van der Waals surface area contributed by atoms with Crippen molar-refractivity contribution in [2.24, 2.45) is 0 Å². The van der Waals surface area contributed by atoms with Crippen molar-refractivity contribution in [1.29, 1.82) is 0 Å². The van der Waals surface area contributed by atoms with Crippen LogP contribution >= 0.6 is 11.8 Å². The molecule has 0 aliphatic heterocycles. The van der Waals surface area contributed by atoms with Crippen molar-refractivity contribution in [1.82, 2.24) is 0 Å². The summed E-state index contributed by atoms with van der Waals surface area (Å²) in [5.41, 5.74) is 6.36. The van der Waals surface area contributed by atoms with Crippen molar-refractivity contribution in [2.45, 2.75) is 43.5 Å².